The van der Waals surface area contributed by atoms with E-state index in [0.29, 0.717) is 18.4 Å². The number of ether oxygens (including phenoxy) is 2. The third kappa shape index (κ3) is 6.24. The van der Waals surface area contributed by atoms with E-state index in [4.69, 9.17) is 19.6 Å². The number of nitrogens with zero attached hydrogens (tertiary/aromatic N) is 5. The van der Waals surface area contributed by atoms with Crippen molar-refractivity contribution in [2.75, 3.05) is 62.9 Å². The van der Waals surface area contributed by atoms with Crippen LogP contribution in [0.2, 0.25) is 0 Å². The lowest BCUT2D eigenvalue weighted by atomic mass is 10.0. The molecule has 8 heteroatoms. The van der Waals surface area contributed by atoms with Gasteiger partial charge in [-0.3, -0.25) is 10.3 Å². The lowest BCUT2D eigenvalue weighted by Gasteiger charge is -2.26. The molecular weight excluding hydrogens is 428 g/mol. The number of benzene rings is 1. The van der Waals surface area contributed by atoms with Gasteiger partial charge >= 0.3 is 6.01 Å². The summed E-state index contributed by atoms with van der Waals surface area (Å²) in [6.07, 6.45) is 4.08. The van der Waals surface area contributed by atoms with Gasteiger partial charge in [0.25, 0.3) is 0 Å². The Morgan fingerprint density at radius 3 is 2.68 bits per heavy atom. The van der Waals surface area contributed by atoms with Crippen molar-refractivity contribution in [3.05, 3.63) is 41.0 Å². The Hall–Kier alpha value is -2.71. The lowest BCUT2D eigenvalue weighted by Crippen LogP contribution is -2.38. The maximum absolute atomic E-state index is 6.02. The van der Waals surface area contributed by atoms with E-state index in [1.165, 1.54) is 16.7 Å². The molecule has 1 aromatic carbocycles. The number of rotatable bonds is 11. The normalized spacial score (nSPS) is 17.1. The summed E-state index contributed by atoms with van der Waals surface area (Å²) in [5, 5.41) is 4.74. The summed E-state index contributed by atoms with van der Waals surface area (Å²) < 4.78 is 11.5. The summed E-state index contributed by atoms with van der Waals surface area (Å²) in [4.78, 5) is 14.0. The number of hydrazone groups is 1. The van der Waals surface area contributed by atoms with E-state index in [9.17, 15) is 0 Å². The molecule has 0 radical (unpaired) electrons. The van der Waals surface area contributed by atoms with E-state index in [0.717, 1.165) is 83.2 Å². The van der Waals surface area contributed by atoms with Crippen molar-refractivity contribution in [2.24, 2.45) is 5.10 Å². The summed E-state index contributed by atoms with van der Waals surface area (Å²) in [7, 11) is 0. The van der Waals surface area contributed by atoms with E-state index in [1.54, 1.807) is 0 Å². The topological polar surface area (TPSA) is 75.1 Å². The Kier molecular flexibility index (Phi) is 8.71. The Balaban J connectivity index is 1.51. The average Bonchev–Trinajstić information content (AvgIpc) is 3.28. The van der Waals surface area contributed by atoms with Crippen LogP contribution in [0, 0.1) is 6.92 Å². The van der Waals surface area contributed by atoms with Gasteiger partial charge in [0.1, 0.15) is 12.4 Å². The summed E-state index contributed by atoms with van der Waals surface area (Å²) in [6.45, 7) is 13.3. The first-order valence-electron chi connectivity index (χ1n) is 12.7. The minimum Gasteiger partial charge on any atom is -0.462 e. The largest absolute Gasteiger partial charge is 0.462 e. The van der Waals surface area contributed by atoms with Crippen molar-refractivity contribution >= 4 is 17.3 Å². The quantitative estimate of drug-likeness (QED) is 0.504. The number of nitrogens with one attached hydrogen (secondary N) is 1. The van der Waals surface area contributed by atoms with Gasteiger partial charge in [-0.1, -0.05) is 32.0 Å². The summed E-state index contributed by atoms with van der Waals surface area (Å²) in [6, 6.07) is 8.81. The Morgan fingerprint density at radius 1 is 1.12 bits per heavy atom. The molecule has 2 aromatic rings. The zero-order valence-corrected chi connectivity index (χ0v) is 20.8. The summed E-state index contributed by atoms with van der Waals surface area (Å²) in [5.41, 5.74) is 8.25. The minimum atomic E-state index is 0.397. The lowest BCUT2D eigenvalue weighted by molar-refractivity contribution is 0.0317. The number of anilines is 2. The van der Waals surface area contributed by atoms with Crippen molar-refractivity contribution in [1.82, 2.24) is 14.9 Å². The zero-order chi connectivity index (χ0) is 23.8. The van der Waals surface area contributed by atoms with Gasteiger partial charge in [0.15, 0.2) is 5.82 Å². The summed E-state index contributed by atoms with van der Waals surface area (Å²) >= 11 is 0. The number of fused-ring (bicyclic) bond motifs is 1. The molecule has 1 aliphatic heterocycles. The van der Waals surface area contributed by atoms with Gasteiger partial charge in [-0.25, -0.2) is 0 Å². The Bertz CT molecular complexity index is 968. The van der Waals surface area contributed by atoms with E-state index in [2.05, 4.69) is 59.2 Å². The number of aryl methyl sites for hydroxylation is 1. The van der Waals surface area contributed by atoms with Crippen LogP contribution >= 0.6 is 0 Å². The van der Waals surface area contributed by atoms with E-state index in [-0.39, 0.29) is 0 Å². The van der Waals surface area contributed by atoms with Crippen LogP contribution in [0.15, 0.2) is 29.4 Å². The van der Waals surface area contributed by atoms with Gasteiger partial charge in [0.05, 0.1) is 18.9 Å². The molecule has 0 atom stereocenters. The average molecular weight is 467 g/mol. The van der Waals surface area contributed by atoms with Gasteiger partial charge in [0, 0.05) is 44.4 Å². The maximum Gasteiger partial charge on any atom is 0.320 e. The highest BCUT2D eigenvalue weighted by molar-refractivity contribution is 6.05. The van der Waals surface area contributed by atoms with E-state index < -0.39 is 0 Å². The second-order valence-electron chi connectivity index (χ2n) is 8.95. The Labute approximate surface area is 203 Å². The minimum absolute atomic E-state index is 0.397. The van der Waals surface area contributed by atoms with Gasteiger partial charge < -0.3 is 14.4 Å². The monoisotopic (exact) mass is 466 g/mol. The van der Waals surface area contributed by atoms with E-state index in [1.807, 2.05) is 6.07 Å². The van der Waals surface area contributed by atoms with Crippen LogP contribution in [-0.4, -0.2) is 73.1 Å². The smallest absolute Gasteiger partial charge is 0.320 e. The fourth-order valence-electron chi connectivity index (χ4n) is 4.59. The molecule has 0 unspecified atom stereocenters. The highest BCUT2D eigenvalue weighted by Crippen LogP contribution is 2.26. The molecule has 1 saturated heterocycles. The number of hydrogen-bond donors (Lipinski definition) is 1. The molecule has 8 nitrogen and oxygen atoms in total. The maximum atomic E-state index is 6.02. The van der Waals surface area contributed by atoms with Gasteiger partial charge in [-0.2, -0.15) is 15.1 Å². The molecule has 1 fully saturated rings. The SMILES string of the molecule is CCCN(CCC)c1cc(N/N=C2\CCc3c(C)cccc32)nc(OCCN2CCOCC2)n1. The van der Waals surface area contributed by atoms with Crippen molar-refractivity contribution in [2.45, 2.75) is 46.5 Å². The van der Waals surface area contributed by atoms with Crippen molar-refractivity contribution < 1.29 is 9.47 Å². The van der Waals surface area contributed by atoms with Gasteiger partial charge in [0.2, 0.25) is 0 Å². The zero-order valence-electron chi connectivity index (χ0n) is 20.8. The number of aromatic nitrogens is 2. The van der Waals surface area contributed by atoms with E-state index >= 15 is 0 Å². The predicted molar refractivity (Wildman–Crippen MR) is 137 cm³/mol. The molecule has 0 amide bonds. The molecule has 4 rings (SSSR count). The van der Waals surface area contributed by atoms with Crippen molar-refractivity contribution in [3.63, 3.8) is 0 Å². The van der Waals surface area contributed by atoms with Crippen LogP contribution < -0.4 is 15.1 Å². The Morgan fingerprint density at radius 2 is 1.91 bits per heavy atom. The number of hydrogen-bond acceptors (Lipinski definition) is 8. The van der Waals surface area contributed by atoms with Gasteiger partial charge in [-0.05, 0) is 43.7 Å². The molecule has 1 N–H and O–H groups in total. The standard InChI is InChI=1S/C26H38N6O2/c1-4-11-32(12-5-2)25-19-24(27-26(28-25)34-18-15-31-13-16-33-17-14-31)30-29-23-10-9-21-20(3)7-6-8-22(21)23/h6-8,19H,4-5,9-18H2,1-3H3,(H,27,28,30)/b29-23+. The van der Waals surface area contributed by atoms with Crippen LogP contribution in [-0.2, 0) is 11.2 Å². The first-order chi connectivity index (χ1) is 16.7. The molecule has 2 heterocycles. The summed E-state index contributed by atoms with van der Waals surface area (Å²) in [5.74, 6) is 1.54. The highest BCUT2D eigenvalue weighted by Gasteiger charge is 2.19. The van der Waals surface area contributed by atoms with Crippen LogP contribution in [0.25, 0.3) is 0 Å². The first-order valence-corrected chi connectivity index (χ1v) is 12.7. The third-order valence-corrected chi connectivity index (χ3v) is 6.38. The molecule has 0 bridgehead atoms. The van der Waals surface area contributed by atoms with Crippen molar-refractivity contribution in [3.8, 4) is 6.01 Å². The fraction of sp³-hybridized carbons (Fsp3) is 0.577. The van der Waals surface area contributed by atoms with Crippen LogP contribution in [0.1, 0.15) is 49.8 Å². The molecule has 0 saturated carbocycles. The highest BCUT2D eigenvalue weighted by atomic mass is 16.5. The number of morpholine rings is 1. The second kappa shape index (κ2) is 12.1. The van der Waals surface area contributed by atoms with Gasteiger partial charge in [-0.15, -0.1) is 0 Å². The first kappa shape index (κ1) is 24.4. The molecule has 1 aromatic heterocycles. The van der Waals surface area contributed by atoms with Crippen LogP contribution in [0.3, 0.4) is 0 Å². The second-order valence-corrected chi connectivity index (χ2v) is 8.95. The molecule has 2 aliphatic rings. The molecule has 1 aliphatic carbocycles. The predicted octanol–water partition coefficient (Wildman–Crippen LogP) is 3.88. The molecular formula is C26H38N6O2. The third-order valence-electron chi connectivity index (χ3n) is 6.38. The van der Waals surface area contributed by atoms with Crippen molar-refractivity contribution in [1.29, 1.82) is 0 Å². The fourth-order valence-corrected chi connectivity index (χ4v) is 4.59. The van der Waals surface area contributed by atoms with Crippen LogP contribution in [0.4, 0.5) is 11.6 Å². The van der Waals surface area contributed by atoms with Crippen LogP contribution in [0.5, 0.6) is 6.01 Å². The molecule has 0 spiro atoms. The molecule has 184 valence electrons. The molecule has 34 heavy (non-hydrogen) atoms.